The molecule has 1 aromatic heterocycles. The summed E-state index contributed by atoms with van der Waals surface area (Å²) in [7, 11) is 0. The Balaban J connectivity index is 1.62. The maximum absolute atomic E-state index is 13.8. The molecule has 28 heavy (non-hydrogen) atoms. The number of nitrogens with zero attached hydrogens (tertiary/aromatic N) is 1. The fraction of sp³-hybridized carbons (Fsp3) is 0.0417. The molecule has 4 aromatic rings. The van der Waals surface area contributed by atoms with Gasteiger partial charge < -0.3 is 0 Å². The standard InChI is InChI=1S/C24H14F3N/c1-15-2-11-22(28-14-15)18-8-5-16(6-9-18)3-4-17-7-10-20-19(12-17)13-21(25)24(27)23(20)26/h2,5-14H,1H3. The van der Waals surface area contributed by atoms with E-state index < -0.39 is 17.5 Å². The maximum Gasteiger partial charge on any atom is 0.195 e. The van der Waals surface area contributed by atoms with E-state index in [1.54, 1.807) is 12.1 Å². The summed E-state index contributed by atoms with van der Waals surface area (Å²) in [4.78, 5) is 4.40. The van der Waals surface area contributed by atoms with Crippen LogP contribution in [0.2, 0.25) is 0 Å². The van der Waals surface area contributed by atoms with Gasteiger partial charge in [0, 0.05) is 28.3 Å². The van der Waals surface area contributed by atoms with Crippen LogP contribution in [0.25, 0.3) is 22.0 Å². The second-order valence-corrected chi connectivity index (χ2v) is 6.47. The number of halogens is 3. The summed E-state index contributed by atoms with van der Waals surface area (Å²) in [5.74, 6) is 2.13. The van der Waals surface area contributed by atoms with Crippen LogP contribution in [0.4, 0.5) is 13.2 Å². The Morgan fingerprint density at radius 2 is 1.46 bits per heavy atom. The van der Waals surface area contributed by atoms with Crippen LogP contribution in [-0.4, -0.2) is 4.98 Å². The summed E-state index contributed by atoms with van der Waals surface area (Å²) >= 11 is 0. The smallest absolute Gasteiger partial charge is 0.195 e. The first kappa shape index (κ1) is 17.8. The van der Waals surface area contributed by atoms with Crippen LogP contribution in [0.3, 0.4) is 0 Å². The molecule has 3 aromatic carbocycles. The first-order valence-corrected chi connectivity index (χ1v) is 8.63. The molecule has 0 atom stereocenters. The lowest BCUT2D eigenvalue weighted by Crippen LogP contribution is -1.92. The zero-order chi connectivity index (χ0) is 19.7. The SMILES string of the molecule is Cc1ccc(-c2ccc(C#Cc3ccc4c(F)c(F)c(F)cc4c3)cc2)nc1. The molecule has 0 saturated heterocycles. The second kappa shape index (κ2) is 7.21. The van der Waals surface area contributed by atoms with Gasteiger partial charge in [0.15, 0.2) is 17.5 Å². The number of hydrogen-bond donors (Lipinski definition) is 0. The quantitative estimate of drug-likeness (QED) is 0.293. The highest BCUT2D eigenvalue weighted by atomic mass is 19.2. The minimum Gasteiger partial charge on any atom is -0.256 e. The molecule has 0 spiro atoms. The summed E-state index contributed by atoms with van der Waals surface area (Å²) in [6.07, 6.45) is 1.82. The minimum atomic E-state index is -1.46. The average Bonchev–Trinajstić information content (AvgIpc) is 2.71. The average molecular weight is 373 g/mol. The van der Waals surface area contributed by atoms with E-state index in [1.807, 2.05) is 49.5 Å². The van der Waals surface area contributed by atoms with Crippen molar-refractivity contribution in [3.05, 3.63) is 101 Å². The van der Waals surface area contributed by atoms with E-state index in [0.717, 1.165) is 28.5 Å². The van der Waals surface area contributed by atoms with Crippen molar-refractivity contribution in [1.29, 1.82) is 0 Å². The van der Waals surface area contributed by atoms with Crippen LogP contribution in [0.5, 0.6) is 0 Å². The molecule has 4 rings (SSSR count). The lowest BCUT2D eigenvalue weighted by molar-refractivity contribution is 0.453. The van der Waals surface area contributed by atoms with E-state index >= 15 is 0 Å². The summed E-state index contributed by atoms with van der Waals surface area (Å²) in [5.41, 5.74) is 4.36. The monoisotopic (exact) mass is 373 g/mol. The van der Waals surface area contributed by atoms with Crippen molar-refractivity contribution < 1.29 is 13.2 Å². The van der Waals surface area contributed by atoms with Gasteiger partial charge in [-0.2, -0.15) is 0 Å². The predicted molar refractivity (Wildman–Crippen MR) is 104 cm³/mol. The number of aryl methyl sites for hydroxylation is 1. The van der Waals surface area contributed by atoms with Crippen LogP contribution in [0.1, 0.15) is 16.7 Å². The first-order valence-electron chi connectivity index (χ1n) is 8.63. The van der Waals surface area contributed by atoms with Gasteiger partial charge in [-0.15, -0.1) is 0 Å². The molecule has 0 aliphatic carbocycles. The molecule has 0 bridgehead atoms. The number of hydrogen-bond acceptors (Lipinski definition) is 1. The van der Waals surface area contributed by atoms with Gasteiger partial charge >= 0.3 is 0 Å². The van der Waals surface area contributed by atoms with Crippen LogP contribution in [0.15, 0.2) is 66.9 Å². The molecular weight excluding hydrogens is 359 g/mol. The Hall–Kier alpha value is -3.58. The first-order chi connectivity index (χ1) is 13.5. The van der Waals surface area contributed by atoms with E-state index in [9.17, 15) is 13.2 Å². The van der Waals surface area contributed by atoms with Crippen molar-refractivity contribution in [2.24, 2.45) is 0 Å². The van der Waals surface area contributed by atoms with Gasteiger partial charge in [-0.05, 0) is 54.3 Å². The minimum absolute atomic E-state index is 0.0272. The Kier molecular flexibility index (Phi) is 4.58. The molecule has 0 unspecified atom stereocenters. The van der Waals surface area contributed by atoms with Gasteiger partial charge in [0.05, 0.1) is 5.69 Å². The molecule has 4 heteroatoms. The van der Waals surface area contributed by atoms with Crippen molar-refractivity contribution in [2.75, 3.05) is 0 Å². The van der Waals surface area contributed by atoms with Crippen LogP contribution < -0.4 is 0 Å². The zero-order valence-corrected chi connectivity index (χ0v) is 14.9. The molecule has 0 saturated carbocycles. The summed E-state index contributed by atoms with van der Waals surface area (Å²) in [6.45, 7) is 1.99. The molecule has 0 aliphatic heterocycles. The Morgan fingerprint density at radius 1 is 0.750 bits per heavy atom. The van der Waals surface area contributed by atoms with Gasteiger partial charge in [0.2, 0.25) is 0 Å². The third kappa shape index (κ3) is 3.47. The number of benzene rings is 3. The fourth-order valence-electron chi connectivity index (χ4n) is 2.89. The Labute approximate surface area is 160 Å². The normalized spacial score (nSPS) is 10.6. The van der Waals surface area contributed by atoms with E-state index in [1.165, 1.54) is 6.07 Å². The molecule has 0 aliphatic rings. The van der Waals surface area contributed by atoms with E-state index in [2.05, 4.69) is 16.8 Å². The van der Waals surface area contributed by atoms with Crippen molar-refractivity contribution in [2.45, 2.75) is 6.92 Å². The predicted octanol–water partition coefficient (Wildman–Crippen LogP) is 6.03. The van der Waals surface area contributed by atoms with Crippen molar-refractivity contribution in [3.8, 4) is 23.1 Å². The molecule has 1 nitrogen and oxygen atoms in total. The summed E-state index contributed by atoms with van der Waals surface area (Å²) in [5, 5.41) is 0.295. The van der Waals surface area contributed by atoms with Gasteiger partial charge in [-0.1, -0.05) is 36.1 Å². The van der Waals surface area contributed by atoms with E-state index in [-0.39, 0.29) is 10.8 Å². The molecule has 0 fully saturated rings. The fourth-order valence-corrected chi connectivity index (χ4v) is 2.89. The molecule has 0 radical (unpaired) electrons. The van der Waals surface area contributed by atoms with Gasteiger partial charge in [-0.25, -0.2) is 13.2 Å². The molecule has 0 N–H and O–H groups in total. The summed E-state index contributed by atoms with van der Waals surface area (Å²) in [6, 6.07) is 17.1. The molecule has 0 amide bonds. The Morgan fingerprint density at radius 3 is 2.18 bits per heavy atom. The number of aromatic nitrogens is 1. The second-order valence-electron chi connectivity index (χ2n) is 6.47. The third-order valence-electron chi connectivity index (χ3n) is 4.42. The highest BCUT2D eigenvalue weighted by molar-refractivity contribution is 5.84. The van der Waals surface area contributed by atoms with Crippen LogP contribution >= 0.6 is 0 Å². The van der Waals surface area contributed by atoms with Gasteiger partial charge in [-0.3, -0.25) is 4.98 Å². The van der Waals surface area contributed by atoms with Crippen LogP contribution in [0, 0.1) is 36.2 Å². The lowest BCUT2D eigenvalue weighted by atomic mass is 10.1. The summed E-state index contributed by atoms with van der Waals surface area (Å²) < 4.78 is 40.5. The van der Waals surface area contributed by atoms with Crippen molar-refractivity contribution in [3.63, 3.8) is 0 Å². The lowest BCUT2D eigenvalue weighted by Gasteiger charge is -2.03. The Bertz CT molecular complexity index is 1230. The molecule has 136 valence electrons. The van der Waals surface area contributed by atoms with Crippen LogP contribution in [-0.2, 0) is 0 Å². The highest BCUT2D eigenvalue weighted by Gasteiger charge is 2.13. The molecular formula is C24H14F3N. The van der Waals surface area contributed by atoms with Gasteiger partial charge in [0.25, 0.3) is 0 Å². The number of rotatable bonds is 1. The third-order valence-corrected chi connectivity index (χ3v) is 4.42. The van der Waals surface area contributed by atoms with Crippen molar-refractivity contribution in [1.82, 2.24) is 4.98 Å². The largest absolute Gasteiger partial charge is 0.256 e. The topological polar surface area (TPSA) is 12.9 Å². The maximum atomic E-state index is 13.8. The number of pyridine rings is 1. The highest BCUT2D eigenvalue weighted by Crippen LogP contribution is 2.24. The van der Waals surface area contributed by atoms with Gasteiger partial charge in [0.1, 0.15) is 0 Å². The van der Waals surface area contributed by atoms with E-state index in [4.69, 9.17) is 0 Å². The number of fused-ring (bicyclic) bond motifs is 1. The molecule has 1 heterocycles. The van der Waals surface area contributed by atoms with E-state index in [0.29, 0.717) is 5.56 Å². The zero-order valence-electron chi connectivity index (χ0n) is 14.9. The van der Waals surface area contributed by atoms with Crippen molar-refractivity contribution >= 4 is 10.8 Å².